The third-order valence-corrected chi connectivity index (χ3v) is 8.51. The van der Waals surface area contributed by atoms with Gasteiger partial charge in [-0.1, -0.05) is 66.7 Å². The number of nitrogens with one attached hydrogen (secondary N) is 3. The third-order valence-electron chi connectivity index (χ3n) is 8.51. The highest BCUT2D eigenvalue weighted by molar-refractivity contribution is 6.37. The normalized spacial score (nSPS) is 19.7. The minimum absolute atomic E-state index is 0.0105. The summed E-state index contributed by atoms with van der Waals surface area (Å²) in [5, 5.41) is 8.18. The van der Waals surface area contributed by atoms with E-state index in [2.05, 4.69) is 20.9 Å². The first-order chi connectivity index (χ1) is 21.5. The van der Waals surface area contributed by atoms with E-state index in [1.54, 1.807) is 46.8 Å². The highest BCUT2D eigenvalue weighted by Gasteiger charge is 2.48. The summed E-state index contributed by atoms with van der Waals surface area (Å²) < 4.78 is 5.13. The Morgan fingerprint density at radius 2 is 1.67 bits per heavy atom. The molecule has 0 spiro atoms. The number of hydrogen-bond acceptors (Lipinski definition) is 8. The van der Waals surface area contributed by atoms with Crippen LogP contribution >= 0.6 is 0 Å². The van der Waals surface area contributed by atoms with Crippen LogP contribution in [0.3, 0.4) is 0 Å². The smallest absolute Gasteiger partial charge is 0.316 e. The number of methoxy groups -OCH3 is 1. The van der Waals surface area contributed by atoms with Crippen LogP contribution in [0.4, 0.5) is 4.79 Å². The van der Waals surface area contributed by atoms with Crippen molar-refractivity contribution in [3.63, 3.8) is 0 Å². The van der Waals surface area contributed by atoms with E-state index < -0.39 is 64.9 Å². The molecule has 1 aromatic rings. The van der Waals surface area contributed by atoms with E-state index >= 15 is 0 Å². The Kier molecular flexibility index (Phi) is 11.7. The molecule has 0 aromatic carbocycles. The first-order valence-electron chi connectivity index (χ1n) is 15.7. The van der Waals surface area contributed by atoms with Crippen molar-refractivity contribution >= 4 is 35.3 Å². The second kappa shape index (κ2) is 14.9. The molecular formula is C33H48N6O7. The van der Waals surface area contributed by atoms with E-state index in [1.165, 1.54) is 18.1 Å². The molecule has 2 aliphatic rings. The van der Waals surface area contributed by atoms with Gasteiger partial charge in [0.1, 0.15) is 17.8 Å². The standard InChI is InChI=1S/C33H48N6O7/c1-17(2)20-14-15-39(25(20)30(43)36-22(16-19-12-13-19)27(41)29(34)42)31(44)28(33(5,6)7)38-32(45)37-24(18(3)4)26(40)21-10-9-11-23(35-21)46-8/h9-13,17-20,22,24-25,28H,14-16H2,1-8H3,(H2,34,42)(H,36,43)(H2,37,38,45)/t20-,22?,24+,25+,28-/m1/s1. The van der Waals surface area contributed by atoms with Crippen LogP contribution in [0, 0.1) is 29.1 Å². The molecule has 1 fully saturated rings. The predicted octanol–water partition coefficient (Wildman–Crippen LogP) is 2.00. The zero-order valence-corrected chi connectivity index (χ0v) is 28.0. The zero-order chi connectivity index (χ0) is 34.5. The van der Waals surface area contributed by atoms with Gasteiger partial charge in [0.2, 0.25) is 29.3 Å². The highest BCUT2D eigenvalue weighted by atomic mass is 16.5. The van der Waals surface area contributed by atoms with Crippen LogP contribution in [-0.4, -0.2) is 83.0 Å². The summed E-state index contributed by atoms with van der Waals surface area (Å²) in [6.07, 6.45) is 4.44. The van der Waals surface area contributed by atoms with E-state index in [0.29, 0.717) is 6.42 Å². The number of hydrogen-bond donors (Lipinski definition) is 4. The number of Topliss-reactive ketones (excluding diaryl/α,β-unsaturated/α-hetero) is 2. The fraction of sp³-hybridized carbons (Fsp3) is 0.606. The minimum Gasteiger partial charge on any atom is -0.481 e. The predicted molar refractivity (Wildman–Crippen MR) is 170 cm³/mol. The second-order valence-corrected chi connectivity index (χ2v) is 13.8. The summed E-state index contributed by atoms with van der Waals surface area (Å²) in [5.74, 6) is -3.79. The highest BCUT2D eigenvalue weighted by Crippen LogP contribution is 2.34. The summed E-state index contributed by atoms with van der Waals surface area (Å²) in [6.45, 7) is 13.1. The van der Waals surface area contributed by atoms with Crippen LogP contribution in [0.25, 0.3) is 0 Å². The van der Waals surface area contributed by atoms with E-state index in [1.807, 2.05) is 26.0 Å². The van der Waals surface area contributed by atoms with Gasteiger partial charge in [-0.2, -0.15) is 0 Å². The van der Waals surface area contributed by atoms with Crippen molar-refractivity contribution < 1.29 is 33.5 Å². The van der Waals surface area contributed by atoms with Gasteiger partial charge in [-0.05, 0) is 48.0 Å². The molecule has 13 heteroatoms. The first kappa shape index (κ1) is 36.2. The van der Waals surface area contributed by atoms with Gasteiger partial charge in [-0.25, -0.2) is 9.78 Å². The lowest BCUT2D eigenvalue weighted by Gasteiger charge is -2.37. The Hall–Kier alpha value is -4.29. The first-order valence-corrected chi connectivity index (χ1v) is 15.7. The Bertz CT molecular complexity index is 1360. The molecular weight excluding hydrogens is 592 g/mol. The molecule has 3 rings (SSSR count). The molecule has 1 saturated heterocycles. The third kappa shape index (κ3) is 8.91. The molecule has 0 radical (unpaired) electrons. The van der Waals surface area contributed by atoms with Gasteiger partial charge in [0.15, 0.2) is 0 Å². The van der Waals surface area contributed by atoms with Crippen LogP contribution in [-0.2, 0) is 19.2 Å². The van der Waals surface area contributed by atoms with Gasteiger partial charge in [-0.3, -0.25) is 24.0 Å². The average Bonchev–Trinajstić information content (AvgIpc) is 3.69. The number of urea groups is 1. The minimum atomic E-state index is -1.14. The maximum Gasteiger partial charge on any atom is 0.316 e. The summed E-state index contributed by atoms with van der Waals surface area (Å²) in [4.78, 5) is 84.7. The average molecular weight is 641 g/mol. The Labute approximate surface area is 270 Å². The van der Waals surface area contributed by atoms with Gasteiger partial charge in [0.05, 0.1) is 19.2 Å². The van der Waals surface area contributed by atoms with E-state index in [9.17, 15) is 28.8 Å². The van der Waals surface area contributed by atoms with Gasteiger partial charge in [0, 0.05) is 12.6 Å². The molecule has 5 atom stereocenters. The molecule has 46 heavy (non-hydrogen) atoms. The van der Waals surface area contributed by atoms with Gasteiger partial charge < -0.3 is 31.3 Å². The molecule has 2 heterocycles. The summed E-state index contributed by atoms with van der Waals surface area (Å²) in [7, 11) is 1.44. The molecule has 1 aliphatic carbocycles. The number of ether oxygens (including phenoxy) is 1. The van der Waals surface area contributed by atoms with E-state index in [0.717, 1.165) is 0 Å². The number of ketones is 2. The van der Waals surface area contributed by atoms with E-state index in [4.69, 9.17) is 10.5 Å². The van der Waals surface area contributed by atoms with Crippen molar-refractivity contribution in [3.8, 4) is 5.88 Å². The monoisotopic (exact) mass is 640 g/mol. The van der Waals surface area contributed by atoms with Crippen molar-refractivity contribution in [3.05, 3.63) is 36.0 Å². The number of likely N-dealkylation sites (tertiary alicyclic amines) is 1. The molecule has 5 N–H and O–H groups in total. The van der Waals surface area contributed by atoms with Gasteiger partial charge in [0.25, 0.3) is 5.91 Å². The number of carbonyl (C=O) groups is 6. The number of amides is 5. The van der Waals surface area contributed by atoms with Gasteiger partial charge in [-0.15, -0.1) is 0 Å². The molecule has 1 unspecified atom stereocenters. The fourth-order valence-electron chi connectivity index (χ4n) is 5.75. The number of nitrogens with two attached hydrogens (primary N) is 1. The lowest BCUT2D eigenvalue weighted by molar-refractivity contribution is -0.144. The molecule has 5 amide bonds. The second-order valence-electron chi connectivity index (χ2n) is 13.8. The molecule has 0 saturated carbocycles. The number of pyridine rings is 1. The quantitative estimate of drug-likeness (QED) is 0.135. The topological polar surface area (TPSA) is 190 Å². The Morgan fingerprint density at radius 3 is 2.20 bits per heavy atom. The van der Waals surface area contributed by atoms with Crippen LogP contribution in [0.1, 0.15) is 71.8 Å². The maximum atomic E-state index is 14.2. The lowest BCUT2D eigenvalue weighted by Crippen LogP contribution is -2.62. The maximum absolute atomic E-state index is 14.2. The fourth-order valence-corrected chi connectivity index (χ4v) is 5.75. The van der Waals surface area contributed by atoms with Crippen LogP contribution in [0.15, 0.2) is 30.4 Å². The van der Waals surface area contributed by atoms with Crippen molar-refractivity contribution in [2.75, 3.05) is 13.7 Å². The SMILES string of the molecule is COc1cccc(C(=O)[C@@H](NC(=O)N[C@H](C(=O)N2CC[C@H](C(C)C)[C@H]2C(=O)NC(CC2C=C2)C(=O)C(N)=O)C(C)(C)C)C(C)C)n1. The Morgan fingerprint density at radius 1 is 1.02 bits per heavy atom. The summed E-state index contributed by atoms with van der Waals surface area (Å²) in [5.41, 5.74) is 4.59. The van der Waals surface area contributed by atoms with Crippen molar-refractivity contribution in [2.24, 2.45) is 34.8 Å². The van der Waals surface area contributed by atoms with Crippen molar-refractivity contribution in [1.82, 2.24) is 25.8 Å². The van der Waals surface area contributed by atoms with Crippen LogP contribution < -0.4 is 26.4 Å². The van der Waals surface area contributed by atoms with Crippen molar-refractivity contribution in [1.29, 1.82) is 0 Å². The Balaban J connectivity index is 1.83. The number of nitrogens with zero attached hydrogens (tertiary/aromatic N) is 2. The van der Waals surface area contributed by atoms with Gasteiger partial charge >= 0.3 is 6.03 Å². The number of aromatic nitrogens is 1. The molecule has 1 aromatic heterocycles. The van der Waals surface area contributed by atoms with E-state index in [-0.39, 0.29) is 48.2 Å². The summed E-state index contributed by atoms with van der Waals surface area (Å²) >= 11 is 0. The number of carbonyl (C=O) groups excluding carboxylic acids is 6. The summed E-state index contributed by atoms with van der Waals surface area (Å²) in [6, 6.07) is -0.0504. The van der Waals surface area contributed by atoms with Crippen molar-refractivity contribution in [2.45, 2.75) is 85.5 Å². The largest absolute Gasteiger partial charge is 0.481 e. The number of rotatable bonds is 14. The molecule has 252 valence electrons. The molecule has 13 nitrogen and oxygen atoms in total. The van der Waals surface area contributed by atoms with Crippen LogP contribution in [0.2, 0.25) is 0 Å². The number of allylic oxidation sites excluding steroid dienone is 2. The molecule has 0 bridgehead atoms. The zero-order valence-electron chi connectivity index (χ0n) is 28.0. The number of primary amides is 1. The lowest BCUT2D eigenvalue weighted by atomic mass is 9.84. The molecule has 1 aliphatic heterocycles. The van der Waals surface area contributed by atoms with Crippen LogP contribution in [0.5, 0.6) is 5.88 Å².